The van der Waals surface area contributed by atoms with Crippen LogP contribution in [0.15, 0.2) is 97.1 Å². The van der Waals surface area contributed by atoms with Gasteiger partial charge in [-0.2, -0.15) is 4.57 Å². The van der Waals surface area contributed by atoms with Gasteiger partial charge in [-0.05, 0) is 109 Å². The SMILES string of the molecule is C[C@]12CC[C@@H]3c4ccc(O)cc4CC[C@H]3[C@@H]1CC[C@@H]2O.C[n+]1c2ccccc2c(C(=O)Oc2ccccc2)c2ccccc21. The molecule has 1 heterocycles. The van der Waals surface area contributed by atoms with Crippen molar-refractivity contribution in [2.45, 2.75) is 57.5 Å². The summed E-state index contributed by atoms with van der Waals surface area (Å²) in [4.78, 5) is 12.9. The van der Waals surface area contributed by atoms with Crippen LogP contribution in [-0.4, -0.2) is 22.3 Å². The summed E-state index contributed by atoms with van der Waals surface area (Å²) < 4.78 is 7.71. The van der Waals surface area contributed by atoms with E-state index in [1.54, 1.807) is 12.1 Å². The lowest BCUT2D eigenvalue weighted by Crippen LogP contribution is -2.43. The molecule has 0 unspecified atom stereocenters. The highest BCUT2D eigenvalue weighted by Crippen LogP contribution is 2.60. The molecule has 5 nitrogen and oxygen atoms in total. The van der Waals surface area contributed by atoms with E-state index in [9.17, 15) is 15.0 Å². The predicted octanol–water partition coefficient (Wildman–Crippen LogP) is 7.65. The van der Waals surface area contributed by atoms with Crippen LogP contribution in [0.1, 0.15) is 66.4 Å². The highest BCUT2D eigenvalue weighted by Gasteiger charge is 2.54. The lowest BCUT2D eigenvalue weighted by atomic mass is 9.55. The predicted molar refractivity (Wildman–Crippen MR) is 173 cm³/mol. The Hall–Kier alpha value is -4.22. The summed E-state index contributed by atoms with van der Waals surface area (Å²) in [6.07, 6.45) is 6.78. The molecule has 0 radical (unpaired) electrons. The molecule has 2 fully saturated rings. The second kappa shape index (κ2) is 11.4. The van der Waals surface area contributed by atoms with Crippen LogP contribution in [0.2, 0.25) is 0 Å². The second-order valence-electron chi connectivity index (χ2n) is 13.1. The van der Waals surface area contributed by atoms with Gasteiger partial charge in [-0.25, -0.2) is 4.79 Å². The zero-order chi connectivity index (χ0) is 30.4. The number of fused-ring (bicyclic) bond motifs is 7. The van der Waals surface area contributed by atoms with E-state index >= 15 is 0 Å². The number of para-hydroxylation sites is 3. The number of benzene rings is 4. The Morgan fingerprint density at radius 2 is 1.50 bits per heavy atom. The number of carbonyl (C=O) groups excluding carboxylic acids is 1. The van der Waals surface area contributed by atoms with E-state index < -0.39 is 0 Å². The van der Waals surface area contributed by atoms with Crippen LogP contribution in [0, 0.1) is 17.3 Å². The average molecular weight is 587 g/mol. The van der Waals surface area contributed by atoms with Gasteiger partial charge in [0.15, 0.2) is 0 Å². The third-order valence-corrected chi connectivity index (χ3v) is 10.9. The Kier molecular flexibility index (Phi) is 7.37. The summed E-state index contributed by atoms with van der Waals surface area (Å²) in [5.74, 6) is 2.70. The smallest absolute Gasteiger partial charge is 0.345 e. The molecule has 3 aliphatic rings. The van der Waals surface area contributed by atoms with E-state index in [1.165, 1.54) is 30.4 Å². The number of nitrogens with zero attached hydrogens (tertiary/aromatic N) is 1. The van der Waals surface area contributed by atoms with Crippen LogP contribution in [0.25, 0.3) is 21.8 Å². The van der Waals surface area contributed by atoms with E-state index in [1.807, 2.05) is 85.9 Å². The number of esters is 1. The molecular formula is C39H40NO4+. The van der Waals surface area contributed by atoms with Crippen LogP contribution >= 0.6 is 0 Å². The van der Waals surface area contributed by atoms with Gasteiger partial charge in [0.05, 0.1) is 22.4 Å². The minimum absolute atomic E-state index is 0.0883. The zero-order valence-electron chi connectivity index (χ0n) is 25.4. The van der Waals surface area contributed by atoms with E-state index in [2.05, 4.69) is 17.6 Å². The lowest BCUT2D eigenvalue weighted by Gasteiger charge is -2.50. The number of hydrogen-bond donors (Lipinski definition) is 2. The molecule has 0 amide bonds. The summed E-state index contributed by atoms with van der Waals surface area (Å²) in [7, 11) is 2.01. The van der Waals surface area contributed by atoms with Gasteiger partial charge in [-0.1, -0.05) is 55.5 Å². The number of aromatic hydroxyl groups is 1. The Morgan fingerprint density at radius 3 is 2.20 bits per heavy atom. The van der Waals surface area contributed by atoms with Gasteiger partial charge >= 0.3 is 5.97 Å². The zero-order valence-corrected chi connectivity index (χ0v) is 25.4. The maximum atomic E-state index is 12.9. The van der Waals surface area contributed by atoms with Gasteiger partial charge in [0.25, 0.3) is 0 Å². The van der Waals surface area contributed by atoms with Crippen LogP contribution in [-0.2, 0) is 13.5 Å². The highest BCUT2D eigenvalue weighted by atomic mass is 16.5. The number of aliphatic hydroxyl groups is 1. The Balaban J connectivity index is 0.000000144. The Bertz CT molecular complexity index is 1790. The molecule has 3 aliphatic carbocycles. The largest absolute Gasteiger partial charge is 0.508 e. The molecule has 0 aliphatic heterocycles. The van der Waals surface area contributed by atoms with Crippen molar-refractivity contribution < 1.29 is 24.3 Å². The minimum Gasteiger partial charge on any atom is -0.508 e. The van der Waals surface area contributed by atoms with Crippen molar-refractivity contribution in [2.75, 3.05) is 0 Å². The third-order valence-electron chi connectivity index (χ3n) is 10.9. The fourth-order valence-corrected chi connectivity index (χ4v) is 8.64. The van der Waals surface area contributed by atoms with Gasteiger partial charge in [0.1, 0.15) is 18.5 Å². The maximum Gasteiger partial charge on any atom is 0.345 e. The van der Waals surface area contributed by atoms with Crippen molar-refractivity contribution in [3.05, 3.63) is 114 Å². The number of hydrogen-bond acceptors (Lipinski definition) is 4. The number of aliphatic hydroxyl groups excluding tert-OH is 1. The average Bonchev–Trinajstić information content (AvgIpc) is 3.35. The fourth-order valence-electron chi connectivity index (χ4n) is 8.64. The van der Waals surface area contributed by atoms with E-state index in [4.69, 9.17) is 4.74 Å². The molecule has 0 bridgehead atoms. The van der Waals surface area contributed by atoms with Gasteiger partial charge in [-0.3, -0.25) is 0 Å². The molecule has 4 aromatic carbocycles. The molecule has 5 aromatic rings. The van der Waals surface area contributed by atoms with E-state index in [-0.39, 0.29) is 17.5 Å². The Labute approximate surface area is 258 Å². The summed E-state index contributed by atoms with van der Waals surface area (Å²) in [6, 6.07) is 30.9. The summed E-state index contributed by atoms with van der Waals surface area (Å²) in [5, 5.41) is 21.8. The number of carbonyl (C=O) groups is 1. The van der Waals surface area contributed by atoms with Gasteiger partial charge < -0.3 is 14.9 Å². The van der Waals surface area contributed by atoms with Crippen molar-refractivity contribution in [1.82, 2.24) is 0 Å². The molecule has 0 spiro atoms. The standard InChI is InChI=1S/C21H16NO2.C18H24O2/c1-22-18-13-7-5-11-16(18)20(17-12-6-8-14-19(17)22)21(23)24-15-9-3-2-4-10-15;1-18-9-8-14-13-5-3-12(19)10-11(13)2-4-15(14)16(18)6-7-17(18)20/h2-14H,1H3;3,5,10,14-17,19-20H,2,4,6-9H2,1H3/q+1;/t;14-,15-,16+,17+,18+/m.1/s1. The third kappa shape index (κ3) is 4.84. The number of pyridine rings is 1. The number of aryl methyl sites for hydroxylation is 2. The molecule has 224 valence electrons. The van der Waals surface area contributed by atoms with Crippen molar-refractivity contribution in [1.29, 1.82) is 0 Å². The second-order valence-corrected chi connectivity index (χ2v) is 13.1. The first-order valence-electron chi connectivity index (χ1n) is 15.9. The first-order valence-corrected chi connectivity index (χ1v) is 15.9. The summed E-state index contributed by atoms with van der Waals surface area (Å²) in [6.45, 7) is 2.32. The number of phenolic OH excluding ortho intramolecular Hbond substituents is 1. The first kappa shape index (κ1) is 28.5. The first-order chi connectivity index (χ1) is 21.3. The van der Waals surface area contributed by atoms with Gasteiger partial charge in [-0.15, -0.1) is 0 Å². The maximum absolute atomic E-state index is 12.9. The Morgan fingerprint density at radius 1 is 0.841 bits per heavy atom. The fraction of sp³-hybridized carbons (Fsp3) is 0.333. The number of phenols is 1. The molecule has 44 heavy (non-hydrogen) atoms. The van der Waals surface area contributed by atoms with Crippen molar-refractivity contribution >= 4 is 27.8 Å². The summed E-state index contributed by atoms with van der Waals surface area (Å²) >= 11 is 0. The number of ether oxygens (including phenoxy) is 1. The summed E-state index contributed by atoms with van der Waals surface area (Å²) in [5.41, 5.74) is 5.58. The molecule has 5 heteroatoms. The van der Waals surface area contributed by atoms with Crippen molar-refractivity contribution in [3.63, 3.8) is 0 Å². The van der Waals surface area contributed by atoms with E-state index in [0.29, 0.717) is 28.9 Å². The number of aromatic nitrogens is 1. The lowest BCUT2D eigenvalue weighted by molar-refractivity contribution is -0.617. The monoisotopic (exact) mass is 586 g/mol. The van der Waals surface area contributed by atoms with E-state index in [0.717, 1.165) is 47.0 Å². The van der Waals surface area contributed by atoms with Crippen LogP contribution < -0.4 is 9.30 Å². The molecule has 2 N–H and O–H groups in total. The van der Waals surface area contributed by atoms with Crippen LogP contribution in [0.4, 0.5) is 0 Å². The molecule has 1 aromatic heterocycles. The van der Waals surface area contributed by atoms with Crippen molar-refractivity contribution in [3.8, 4) is 11.5 Å². The quantitative estimate of drug-likeness (QED) is 0.0965. The normalized spacial score (nSPS) is 25.3. The topological polar surface area (TPSA) is 70.6 Å². The van der Waals surface area contributed by atoms with Crippen LogP contribution in [0.3, 0.4) is 0 Å². The number of rotatable bonds is 2. The molecule has 0 saturated heterocycles. The molecule has 8 rings (SSSR count). The van der Waals surface area contributed by atoms with Crippen molar-refractivity contribution in [2.24, 2.45) is 24.3 Å². The van der Waals surface area contributed by atoms with Crippen LogP contribution in [0.5, 0.6) is 11.5 Å². The highest BCUT2D eigenvalue weighted by molar-refractivity contribution is 6.13. The molecule has 2 saturated carbocycles. The molecular weight excluding hydrogens is 546 g/mol. The minimum atomic E-state index is -0.339. The van der Waals surface area contributed by atoms with Gasteiger partial charge in [0.2, 0.25) is 11.0 Å². The molecule has 5 atom stereocenters. The van der Waals surface area contributed by atoms with Gasteiger partial charge in [0, 0.05) is 12.1 Å².